The summed E-state index contributed by atoms with van der Waals surface area (Å²) in [6.07, 6.45) is 3.48. The molecule has 0 unspecified atom stereocenters. The molecule has 0 aliphatic carbocycles. The van der Waals surface area contributed by atoms with Gasteiger partial charge >= 0.3 is 0 Å². The number of nitriles is 1. The van der Waals surface area contributed by atoms with Crippen LogP contribution in [-0.2, 0) is 0 Å². The van der Waals surface area contributed by atoms with Crippen molar-refractivity contribution < 1.29 is 0 Å². The second-order valence-corrected chi connectivity index (χ2v) is 2.96. The molecule has 2 aromatic rings. The summed E-state index contributed by atoms with van der Waals surface area (Å²) >= 11 is 0. The van der Waals surface area contributed by atoms with Crippen LogP contribution in [0.15, 0.2) is 30.6 Å². The van der Waals surface area contributed by atoms with Gasteiger partial charge in [0.05, 0.1) is 11.6 Å². The van der Waals surface area contributed by atoms with Gasteiger partial charge in [0, 0.05) is 17.8 Å². The topological polar surface area (TPSA) is 36.7 Å². The van der Waals surface area contributed by atoms with E-state index >= 15 is 0 Å². The van der Waals surface area contributed by atoms with Crippen LogP contribution < -0.4 is 0 Å². The van der Waals surface area contributed by atoms with Crippen molar-refractivity contribution in [2.24, 2.45) is 0 Å². The molecule has 0 amide bonds. The zero-order chi connectivity index (χ0) is 11.3. The van der Waals surface area contributed by atoms with Crippen molar-refractivity contribution in [3.05, 3.63) is 41.7 Å². The van der Waals surface area contributed by atoms with Gasteiger partial charge < -0.3 is 0 Å². The van der Waals surface area contributed by atoms with Crippen LogP contribution in [0, 0.1) is 18.3 Å². The van der Waals surface area contributed by atoms with E-state index in [0.29, 0.717) is 5.56 Å². The Labute approximate surface area is 90.2 Å². The van der Waals surface area contributed by atoms with Gasteiger partial charge in [0.1, 0.15) is 0 Å². The summed E-state index contributed by atoms with van der Waals surface area (Å²) in [5.74, 6) is 0. The number of benzene rings is 1. The lowest BCUT2D eigenvalue weighted by molar-refractivity contribution is 1.35. The number of aryl methyl sites for hydroxylation is 1. The molecule has 0 fully saturated rings. The predicted molar refractivity (Wildman–Crippen MR) is 62.5 cm³/mol. The Morgan fingerprint density at radius 2 is 1.87 bits per heavy atom. The maximum atomic E-state index is 8.85. The first kappa shape index (κ1) is 11.2. The van der Waals surface area contributed by atoms with E-state index in [9.17, 15) is 0 Å². The molecule has 0 N–H and O–H groups in total. The molecule has 0 saturated heterocycles. The quantitative estimate of drug-likeness (QED) is 0.650. The fraction of sp³-hybridized carbons (Fsp3) is 0.231. The third kappa shape index (κ3) is 2.13. The van der Waals surface area contributed by atoms with Crippen LogP contribution in [0.3, 0.4) is 0 Å². The van der Waals surface area contributed by atoms with Crippen LogP contribution in [0.5, 0.6) is 0 Å². The van der Waals surface area contributed by atoms with Crippen LogP contribution >= 0.6 is 0 Å². The van der Waals surface area contributed by atoms with Crippen LogP contribution in [0.4, 0.5) is 0 Å². The van der Waals surface area contributed by atoms with Gasteiger partial charge in [-0.15, -0.1) is 0 Å². The van der Waals surface area contributed by atoms with Crippen molar-refractivity contribution in [2.75, 3.05) is 0 Å². The minimum atomic E-state index is 0.689. The number of hydrogen-bond acceptors (Lipinski definition) is 2. The highest BCUT2D eigenvalue weighted by molar-refractivity contribution is 5.89. The molecule has 1 aromatic heterocycles. The molecular formula is C13H14N2. The van der Waals surface area contributed by atoms with Gasteiger partial charge in [-0.25, -0.2) is 0 Å². The Morgan fingerprint density at radius 1 is 1.13 bits per heavy atom. The van der Waals surface area contributed by atoms with E-state index in [0.717, 1.165) is 10.8 Å². The molecule has 0 bridgehead atoms. The van der Waals surface area contributed by atoms with Crippen molar-refractivity contribution in [2.45, 2.75) is 20.8 Å². The number of fused-ring (bicyclic) bond motifs is 1. The highest BCUT2D eigenvalue weighted by atomic mass is 14.6. The molecule has 15 heavy (non-hydrogen) atoms. The second-order valence-electron chi connectivity index (χ2n) is 2.96. The van der Waals surface area contributed by atoms with E-state index in [2.05, 4.69) is 11.1 Å². The first-order valence-electron chi connectivity index (χ1n) is 5.06. The third-order valence-electron chi connectivity index (χ3n) is 2.16. The van der Waals surface area contributed by atoms with Gasteiger partial charge in [-0.05, 0) is 30.0 Å². The zero-order valence-electron chi connectivity index (χ0n) is 9.28. The van der Waals surface area contributed by atoms with Gasteiger partial charge in [0.2, 0.25) is 0 Å². The molecule has 2 nitrogen and oxygen atoms in total. The van der Waals surface area contributed by atoms with Gasteiger partial charge in [0.25, 0.3) is 0 Å². The number of nitrogens with zero attached hydrogens (tertiary/aromatic N) is 2. The van der Waals surface area contributed by atoms with Crippen LogP contribution in [0.25, 0.3) is 10.8 Å². The molecule has 1 heterocycles. The summed E-state index contributed by atoms with van der Waals surface area (Å²) in [4.78, 5) is 4.01. The Morgan fingerprint density at radius 3 is 2.53 bits per heavy atom. The van der Waals surface area contributed by atoms with Crippen molar-refractivity contribution >= 4 is 10.8 Å². The van der Waals surface area contributed by atoms with Crippen LogP contribution in [0.1, 0.15) is 25.0 Å². The maximum Gasteiger partial charge on any atom is 0.0998 e. The van der Waals surface area contributed by atoms with Crippen LogP contribution in [-0.4, -0.2) is 4.98 Å². The maximum absolute atomic E-state index is 8.85. The highest BCUT2D eigenvalue weighted by Crippen LogP contribution is 2.20. The summed E-state index contributed by atoms with van der Waals surface area (Å²) in [5.41, 5.74) is 1.87. The summed E-state index contributed by atoms with van der Waals surface area (Å²) in [6.45, 7) is 6.03. The number of aromatic nitrogens is 1. The highest BCUT2D eigenvalue weighted by Gasteiger charge is 2.01. The molecule has 0 aliphatic heterocycles. The first-order chi connectivity index (χ1) is 7.33. The van der Waals surface area contributed by atoms with Gasteiger partial charge in [-0.2, -0.15) is 5.26 Å². The molecule has 0 atom stereocenters. The zero-order valence-corrected chi connectivity index (χ0v) is 9.28. The average Bonchev–Trinajstić information content (AvgIpc) is 2.33. The van der Waals surface area contributed by atoms with Crippen molar-refractivity contribution in [3.63, 3.8) is 0 Å². The summed E-state index contributed by atoms with van der Waals surface area (Å²) in [5, 5.41) is 10.9. The molecule has 0 radical (unpaired) electrons. The normalized spacial score (nSPS) is 8.93. The van der Waals surface area contributed by atoms with E-state index in [1.54, 1.807) is 12.4 Å². The van der Waals surface area contributed by atoms with Crippen molar-refractivity contribution in [1.82, 2.24) is 4.98 Å². The number of rotatable bonds is 0. The smallest absolute Gasteiger partial charge is 0.0998 e. The lowest BCUT2D eigenvalue weighted by atomic mass is 10.0. The molecule has 2 heteroatoms. The van der Waals surface area contributed by atoms with Gasteiger partial charge in [0.15, 0.2) is 0 Å². The summed E-state index contributed by atoms with van der Waals surface area (Å²) in [7, 11) is 0. The second kappa shape index (κ2) is 5.11. The molecule has 2 rings (SSSR count). The Balaban J connectivity index is 0.000000531. The fourth-order valence-electron chi connectivity index (χ4n) is 1.44. The Hall–Kier alpha value is -1.88. The molecule has 1 aromatic carbocycles. The number of hydrogen-bond donors (Lipinski definition) is 0. The lowest BCUT2D eigenvalue weighted by Gasteiger charge is -2.01. The first-order valence-corrected chi connectivity index (χ1v) is 5.06. The standard InChI is InChI=1S/C11H8N2.C2H6/c1-8-2-3-9(6-12)11-7-13-5-4-10(8)11;1-2/h2-5,7H,1H3;1-2H3. The monoisotopic (exact) mass is 198 g/mol. The summed E-state index contributed by atoms with van der Waals surface area (Å²) < 4.78 is 0. The van der Waals surface area contributed by atoms with Gasteiger partial charge in [-0.3, -0.25) is 4.98 Å². The van der Waals surface area contributed by atoms with Gasteiger partial charge in [-0.1, -0.05) is 19.9 Å². The van der Waals surface area contributed by atoms with E-state index in [1.165, 1.54) is 5.56 Å². The summed E-state index contributed by atoms with van der Waals surface area (Å²) in [6, 6.07) is 7.89. The third-order valence-corrected chi connectivity index (χ3v) is 2.16. The SMILES string of the molecule is CC.Cc1ccc(C#N)c2cnccc12. The Kier molecular flexibility index (Phi) is 3.82. The van der Waals surface area contributed by atoms with Crippen molar-refractivity contribution in [1.29, 1.82) is 5.26 Å². The molecular weight excluding hydrogens is 184 g/mol. The van der Waals surface area contributed by atoms with Crippen molar-refractivity contribution in [3.8, 4) is 6.07 Å². The van der Waals surface area contributed by atoms with E-state index in [4.69, 9.17) is 5.26 Å². The van der Waals surface area contributed by atoms with E-state index < -0.39 is 0 Å². The molecule has 0 aliphatic rings. The average molecular weight is 198 g/mol. The van der Waals surface area contributed by atoms with E-state index in [-0.39, 0.29) is 0 Å². The lowest BCUT2D eigenvalue weighted by Crippen LogP contribution is -1.84. The minimum absolute atomic E-state index is 0.689. The predicted octanol–water partition coefficient (Wildman–Crippen LogP) is 3.44. The van der Waals surface area contributed by atoms with Crippen LogP contribution in [0.2, 0.25) is 0 Å². The minimum Gasteiger partial charge on any atom is -0.264 e. The molecule has 76 valence electrons. The largest absolute Gasteiger partial charge is 0.264 e. The number of pyridine rings is 1. The Bertz CT molecular complexity index is 495. The fourth-order valence-corrected chi connectivity index (χ4v) is 1.44. The molecule has 0 spiro atoms. The van der Waals surface area contributed by atoms with E-state index in [1.807, 2.05) is 39.0 Å². The molecule has 0 saturated carbocycles.